The number of quaternary nitrogens is 1. The molecule has 170 valence electrons. The van der Waals surface area contributed by atoms with Crippen LogP contribution in [0, 0.1) is 6.92 Å². The van der Waals surface area contributed by atoms with Crippen LogP contribution in [0.1, 0.15) is 90.8 Å². The highest BCUT2D eigenvalue weighted by atomic mass is 16.5. The molecule has 2 unspecified atom stereocenters. The molecule has 2 aliphatic heterocycles. The van der Waals surface area contributed by atoms with E-state index in [-0.39, 0.29) is 12.1 Å². The molecule has 3 aliphatic rings. The van der Waals surface area contributed by atoms with Crippen LogP contribution < -0.4 is 0 Å². The Labute approximate surface area is 193 Å². The van der Waals surface area contributed by atoms with Crippen LogP contribution in [0.2, 0.25) is 0 Å². The lowest BCUT2D eigenvalue weighted by molar-refractivity contribution is -0.961. The van der Waals surface area contributed by atoms with Crippen molar-refractivity contribution in [1.82, 2.24) is 0 Å². The van der Waals surface area contributed by atoms with Crippen LogP contribution in [0.15, 0.2) is 48.5 Å². The van der Waals surface area contributed by atoms with Gasteiger partial charge in [0.15, 0.2) is 0 Å². The molecule has 3 heteroatoms. The quantitative estimate of drug-likeness (QED) is 0.396. The van der Waals surface area contributed by atoms with Crippen molar-refractivity contribution in [2.24, 2.45) is 0 Å². The molecule has 2 heterocycles. The number of hydrogen-bond donors (Lipinski definition) is 0. The lowest BCUT2D eigenvalue weighted by Gasteiger charge is -2.47. The number of carbonyl (C=O) groups excluding carboxylic acids is 1. The second-order valence-electron chi connectivity index (χ2n) is 10.8. The van der Waals surface area contributed by atoms with Crippen molar-refractivity contribution in [3.8, 4) is 0 Å². The minimum Gasteiger partial charge on any atom is -0.458 e. The van der Waals surface area contributed by atoms with Gasteiger partial charge in [0, 0.05) is 31.2 Å². The van der Waals surface area contributed by atoms with E-state index in [9.17, 15) is 4.79 Å². The molecule has 3 nitrogen and oxygen atoms in total. The fourth-order valence-electron chi connectivity index (χ4n) is 6.68. The Morgan fingerprint density at radius 2 is 1.50 bits per heavy atom. The minimum absolute atomic E-state index is 0.0566. The molecule has 5 rings (SSSR count). The molecule has 3 fully saturated rings. The Hall–Kier alpha value is -2.13. The number of esters is 1. The molecule has 32 heavy (non-hydrogen) atoms. The van der Waals surface area contributed by atoms with E-state index in [1.807, 2.05) is 31.2 Å². The van der Waals surface area contributed by atoms with Crippen molar-refractivity contribution in [2.45, 2.75) is 95.4 Å². The van der Waals surface area contributed by atoms with Gasteiger partial charge < -0.3 is 9.22 Å². The van der Waals surface area contributed by atoms with Crippen LogP contribution in [0.4, 0.5) is 0 Å². The second-order valence-corrected chi connectivity index (χ2v) is 10.8. The lowest BCUT2D eigenvalue weighted by Crippen LogP contribution is -2.58. The minimum atomic E-state index is -0.163. The number of nitrogens with zero attached hydrogens (tertiary/aromatic N) is 1. The molecule has 0 radical (unpaired) electrons. The van der Waals surface area contributed by atoms with Gasteiger partial charge in [-0.1, -0.05) is 61.2 Å². The maximum atomic E-state index is 12.6. The summed E-state index contributed by atoms with van der Waals surface area (Å²) in [5.74, 6) is 0.613. The summed E-state index contributed by atoms with van der Waals surface area (Å²) >= 11 is 0. The van der Waals surface area contributed by atoms with Crippen LogP contribution in [0.3, 0.4) is 0 Å². The van der Waals surface area contributed by atoms with Crippen LogP contribution in [-0.4, -0.2) is 35.7 Å². The number of ether oxygens (including phenoxy) is 1. The van der Waals surface area contributed by atoms with Crippen LogP contribution in [0.5, 0.6) is 0 Å². The topological polar surface area (TPSA) is 26.3 Å². The van der Waals surface area contributed by atoms with Gasteiger partial charge in [0.2, 0.25) is 0 Å². The Balaban J connectivity index is 1.22. The molecule has 1 saturated carbocycles. The van der Waals surface area contributed by atoms with Crippen molar-refractivity contribution in [3.05, 3.63) is 70.8 Å². The van der Waals surface area contributed by atoms with E-state index in [1.165, 1.54) is 50.5 Å². The maximum absolute atomic E-state index is 12.6. The SMILES string of the molecule is Cc1ccc(C(=O)OC2C[C@H]3CC[C@@H](C2)[N+]3(C)Cc2ccc(C3CCCCC3)cc2)cc1. The predicted octanol–water partition coefficient (Wildman–Crippen LogP) is 6.54. The first-order valence-corrected chi connectivity index (χ1v) is 12.7. The zero-order valence-electron chi connectivity index (χ0n) is 19.8. The van der Waals surface area contributed by atoms with Crippen molar-refractivity contribution >= 4 is 5.97 Å². The lowest BCUT2D eigenvalue weighted by atomic mass is 9.84. The van der Waals surface area contributed by atoms with E-state index < -0.39 is 0 Å². The summed E-state index contributed by atoms with van der Waals surface area (Å²) in [6.07, 6.45) is 11.5. The smallest absolute Gasteiger partial charge is 0.338 e. The standard InChI is InChI=1S/C29H38NO2/c1-21-8-12-25(13-9-21)29(31)32-28-18-26-16-17-27(19-28)30(26,2)20-22-10-14-24(15-11-22)23-6-4-3-5-7-23/h8-15,23,26-28H,3-7,16-20H2,1-2H3/q+1/t26-,27+,28?,30?. The molecular formula is C29H38NO2+. The van der Waals surface area contributed by atoms with Crippen molar-refractivity contribution in [3.63, 3.8) is 0 Å². The van der Waals surface area contributed by atoms with E-state index in [0.717, 1.165) is 35.4 Å². The van der Waals surface area contributed by atoms with Crippen molar-refractivity contribution in [1.29, 1.82) is 0 Å². The molecule has 0 amide bonds. The van der Waals surface area contributed by atoms with Gasteiger partial charge in [-0.25, -0.2) is 4.79 Å². The van der Waals surface area contributed by atoms with Gasteiger partial charge in [-0.05, 0) is 43.4 Å². The van der Waals surface area contributed by atoms with Crippen LogP contribution >= 0.6 is 0 Å². The Morgan fingerprint density at radius 1 is 0.875 bits per heavy atom. The first-order chi connectivity index (χ1) is 15.5. The number of aryl methyl sites for hydroxylation is 1. The molecule has 0 spiro atoms. The zero-order chi connectivity index (χ0) is 22.1. The fraction of sp³-hybridized carbons (Fsp3) is 0.552. The molecule has 1 aliphatic carbocycles. The predicted molar refractivity (Wildman–Crippen MR) is 129 cm³/mol. The number of carbonyl (C=O) groups is 1. The highest BCUT2D eigenvalue weighted by molar-refractivity contribution is 5.89. The summed E-state index contributed by atoms with van der Waals surface area (Å²) in [5.41, 5.74) is 4.83. The number of hydrogen-bond acceptors (Lipinski definition) is 2. The van der Waals surface area contributed by atoms with Gasteiger partial charge in [-0.15, -0.1) is 0 Å². The molecule has 0 N–H and O–H groups in total. The van der Waals surface area contributed by atoms with Gasteiger partial charge in [-0.2, -0.15) is 0 Å². The summed E-state index contributed by atoms with van der Waals surface area (Å²) in [6.45, 7) is 3.13. The highest BCUT2D eigenvalue weighted by Gasteiger charge is 2.52. The van der Waals surface area contributed by atoms with Gasteiger partial charge in [0.05, 0.1) is 24.7 Å². The molecule has 2 aromatic carbocycles. The fourth-order valence-corrected chi connectivity index (χ4v) is 6.68. The third-order valence-electron chi connectivity index (χ3n) is 8.71. The first kappa shape index (κ1) is 21.7. The van der Waals surface area contributed by atoms with Gasteiger partial charge in [-0.3, -0.25) is 0 Å². The molecule has 2 saturated heterocycles. The summed E-state index contributed by atoms with van der Waals surface area (Å²) in [5, 5.41) is 0. The Morgan fingerprint density at radius 3 is 2.12 bits per heavy atom. The van der Waals surface area contributed by atoms with E-state index in [4.69, 9.17) is 4.74 Å². The normalized spacial score (nSPS) is 30.2. The summed E-state index contributed by atoms with van der Waals surface area (Å²) < 4.78 is 7.09. The monoisotopic (exact) mass is 432 g/mol. The van der Waals surface area contributed by atoms with E-state index in [2.05, 4.69) is 31.3 Å². The van der Waals surface area contributed by atoms with E-state index in [1.54, 1.807) is 5.56 Å². The molecule has 2 bridgehead atoms. The summed E-state index contributed by atoms with van der Waals surface area (Å²) in [6, 6.07) is 18.5. The van der Waals surface area contributed by atoms with E-state index >= 15 is 0 Å². The zero-order valence-corrected chi connectivity index (χ0v) is 19.8. The molecule has 4 atom stereocenters. The number of rotatable bonds is 5. The number of piperidine rings is 1. The second kappa shape index (κ2) is 9.02. The van der Waals surface area contributed by atoms with Crippen molar-refractivity contribution < 1.29 is 14.0 Å². The third kappa shape index (κ3) is 4.37. The largest absolute Gasteiger partial charge is 0.458 e. The van der Waals surface area contributed by atoms with Crippen LogP contribution in [-0.2, 0) is 11.3 Å². The summed E-state index contributed by atoms with van der Waals surface area (Å²) in [4.78, 5) is 12.6. The molecule has 2 aromatic rings. The third-order valence-corrected chi connectivity index (χ3v) is 8.71. The molecule has 0 aromatic heterocycles. The average molecular weight is 433 g/mol. The van der Waals surface area contributed by atoms with Gasteiger partial charge in [0.25, 0.3) is 0 Å². The van der Waals surface area contributed by atoms with Crippen molar-refractivity contribution in [2.75, 3.05) is 7.05 Å². The summed E-state index contributed by atoms with van der Waals surface area (Å²) in [7, 11) is 2.44. The van der Waals surface area contributed by atoms with Crippen LogP contribution in [0.25, 0.3) is 0 Å². The Bertz CT molecular complexity index is 913. The number of benzene rings is 2. The first-order valence-electron chi connectivity index (χ1n) is 12.7. The van der Waals surface area contributed by atoms with E-state index in [0.29, 0.717) is 17.6 Å². The van der Waals surface area contributed by atoms with Gasteiger partial charge in [0.1, 0.15) is 12.6 Å². The Kier molecular flexibility index (Phi) is 6.11. The highest BCUT2D eigenvalue weighted by Crippen LogP contribution is 2.44. The molecular weight excluding hydrogens is 394 g/mol. The maximum Gasteiger partial charge on any atom is 0.338 e. The number of fused-ring (bicyclic) bond motifs is 2. The van der Waals surface area contributed by atoms with Gasteiger partial charge >= 0.3 is 5.97 Å². The average Bonchev–Trinajstić information content (AvgIpc) is 2.97.